The van der Waals surface area contributed by atoms with Crippen LogP contribution in [0.3, 0.4) is 0 Å². The molecule has 1 aromatic heterocycles. The van der Waals surface area contributed by atoms with Crippen molar-refractivity contribution in [2.75, 3.05) is 13.7 Å². The molecular weight excluding hydrogens is 416 g/mol. The lowest BCUT2D eigenvalue weighted by Gasteiger charge is -2.16. The molecule has 0 spiro atoms. The SMILES string of the molecule is CNC(=O)NC(=O)C(C)Sc1nc2cc(Cl)ccc2c(=O)n1CCCOC(C)C. The zero-order valence-corrected chi connectivity index (χ0v) is 18.4. The van der Waals surface area contributed by atoms with E-state index < -0.39 is 17.2 Å². The number of nitrogens with one attached hydrogen (secondary N) is 2. The first-order chi connectivity index (χ1) is 13.7. The number of carbonyl (C=O) groups excluding carboxylic acids is 2. The maximum atomic E-state index is 13.0. The number of rotatable bonds is 8. The van der Waals surface area contributed by atoms with Crippen LogP contribution >= 0.6 is 23.4 Å². The lowest BCUT2D eigenvalue weighted by molar-refractivity contribution is -0.119. The molecular formula is C19H25ClN4O4S. The van der Waals surface area contributed by atoms with Gasteiger partial charge in [0.05, 0.1) is 22.3 Å². The van der Waals surface area contributed by atoms with Crippen LogP contribution in [0.4, 0.5) is 4.79 Å². The van der Waals surface area contributed by atoms with Gasteiger partial charge < -0.3 is 10.1 Å². The molecule has 3 amide bonds. The molecule has 0 saturated heterocycles. The number of nitrogens with zero attached hydrogens (tertiary/aromatic N) is 2. The third-order valence-corrected chi connectivity index (χ3v) is 5.30. The van der Waals surface area contributed by atoms with Crippen LogP contribution in [-0.2, 0) is 16.1 Å². The van der Waals surface area contributed by atoms with Crippen molar-refractivity contribution >= 4 is 46.2 Å². The molecule has 2 aromatic rings. The molecule has 0 fully saturated rings. The molecule has 29 heavy (non-hydrogen) atoms. The quantitative estimate of drug-likeness (QED) is 0.371. The third-order valence-electron chi connectivity index (χ3n) is 3.97. The molecule has 0 aliphatic carbocycles. The summed E-state index contributed by atoms with van der Waals surface area (Å²) < 4.78 is 7.09. The van der Waals surface area contributed by atoms with Crippen molar-refractivity contribution in [3.8, 4) is 0 Å². The van der Waals surface area contributed by atoms with E-state index in [9.17, 15) is 14.4 Å². The Morgan fingerprint density at radius 3 is 2.69 bits per heavy atom. The Balaban J connectivity index is 2.33. The van der Waals surface area contributed by atoms with Crippen LogP contribution in [0.1, 0.15) is 27.2 Å². The highest BCUT2D eigenvalue weighted by molar-refractivity contribution is 8.00. The van der Waals surface area contributed by atoms with Gasteiger partial charge in [0.1, 0.15) is 0 Å². The van der Waals surface area contributed by atoms with Crippen LogP contribution in [0.25, 0.3) is 10.9 Å². The standard InChI is InChI=1S/C19H25ClN4O4S/c1-11(2)28-9-5-8-24-17(26)14-7-6-13(20)10-15(14)22-19(24)29-12(3)16(25)23-18(27)21-4/h6-7,10-12H,5,8-9H2,1-4H3,(H2,21,23,25,27). The van der Waals surface area contributed by atoms with Crippen molar-refractivity contribution in [1.29, 1.82) is 0 Å². The summed E-state index contributed by atoms with van der Waals surface area (Å²) in [6, 6.07) is 4.31. The molecule has 0 saturated carbocycles. The third kappa shape index (κ3) is 6.45. The first kappa shape index (κ1) is 23.2. The first-order valence-electron chi connectivity index (χ1n) is 9.23. The molecule has 1 heterocycles. The van der Waals surface area contributed by atoms with Gasteiger partial charge >= 0.3 is 6.03 Å². The molecule has 0 aliphatic heterocycles. The smallest absolute Gasteiger partial charge is 0.321 e. The Hall–Kier alpha value is -2.10. The summed E-state index contributed by atoms with van der Waals surface area (Å²) in [5.74, 6) is -0.482. The number of amides is 3. The fourth-order valence-corrected chi connectivity index (χ4v) is 3.59. The minimum absolute atomic E-state index is 0.103. The normalized spacial score (nSPS) is 12.2. The molecule has 2 rings (SSSR count). The van der Waals surface area contributed by atoms with Gasteiger partial charge in [-0.25, -0.2) is 9.78 Å². The van der Waals surface area contributed by atoms with Crippen LogP contribution in [0, 0.1) is 0 Å². The van der Waals surface area contributed by atoms with Crippen LogP contribution in [0.2, 0.25) is 5.02 Å². The summed E-state index contributed by atoms with van der Waals surface area (Å²) in [5, 5.41) is 5.21. The van der Waals surface area contributed by atoms with Crippen LogP contribution < -0.4 is 16.2 Å². The van der Waals surface area contributed by atoms with Gasteiger partial charge in [0.15, 0.2) is 5.16 Å². The second-order valence-corrected chi connectivity index (χ2v) is 8.36. The average molecular weight is 441 g/mol. The Bertz CT molecular complexity index is 948. The number of hydrogen-bond donors (Lipinski definition) is 2. The van der Waals surface area contributed by atoms with Crippen molar-refractivity contribution in [3.05, 3.63) is 33.6 Å². The number of carbonyl (C=O) groups is 2. The van der Waals surface area contributed by atoms with Gasteiger partial charge in [-0.05, 0) is 45.4 Å². The van der Waals surface area contributed by atoms with E-state index in [1.807, 2.05) is 13.8 Å². The number of imide groups is 1. The van der Waals surface area contributed by atoms with E-state index in [-0.39, 0.29) is 11.7 Å². The first-order valence-corrected chi connectivity index (χ1v) is 10.5. The van der Waals surface area contributed by atoms with Gasteiger partial charge in [0.2, 0.25) is 5.91 Å². The zero-order valence-electron chi connectivity index (χ0n) is 16.8. The van der Waals surface area contributed by atoms with E-state index in [2.05, 4.69) is 15.6 Å². The highest BCUT2D eigenvalue weighted by Gasteiger charge is 2.21. The van der Waals surface area contributed by atoms with Crippen molar-refractivity contribution in [2.24, 2.45) is 0 Å². The molecule has 8 nitrogen and oxygen atoms in total. The van der Waals surface area contributed by atoms with Gasteiger partial charge in [-0.2, -0.15) is 0 Å². The van der Waals surface area contributed by atoms with E-state index in [0.29, 0.717) is 40.7 Å². The van der Waals surface area contributed by atoms with Crippen molar-refractivity contribution in [3.63, 3.8) is 0 Å². The van der Waals surface area contributed by atoms with Gasteiger partial charge in [-0.1, -0.05) is 23.4 Å². The average Bonchev–Trinajstić information content (AvgIpc) is 2.66. The highest BCUT2D eigenvalue weighted by atomic mass is 35.5. The lowest BCUT2D eigenvalue weighted by Crippen LogP contribution is -2.41. The van der Waals surface area contributed by atoms with Gasteiger partial charge in [0.25, 0.3) is 5.56 Å². The Morgan fingerprint density at radius 1 is 1.31 bits per heavy atom. The number of ether oxygens (including phenoxy) is 1. The number of hydrogen-bond acceptors (Lipinski definition) is 6. The monoisotopic (exact) mass is 440 g/mol. The molecule has 10 heteroatoms. The summed E-state index contributed by atoms with van der Waals surface area (Å²) in [6.07, 6.45) is 0.719. The van der Waals surface area contributed by atoms with E-state index in [0.717, 1.165) is 11.8 Å². The number of aromatic nitrogens is 2. The summed E-state index contributed by atoms with van der Waals surface area (Å²) in [6.45, 7) is 6.43. The Kier molecular flexibility index (Phi) is 8.48. The summed E-state index contributed by atoms with van der Waals surface area (Å²) in [7, 11) is 1.42. The lowest BCUT2D eigenvalue weighted by atomic mass is 10.2. The van der Waals surface area contributed by atoms with Crippen molar-refractivity contribution < 1.29 is 14.3 Å². The molecule has 1 atom stereocenters. The number of urea groups is 1. The predicted octanol–water partition coefficient (Wildman–Crippen LogP) is 2.80. The Labute approximate surface area is 178 Å². The fraction of sp³-hybridized carbons (Fsp3) is 0.474. The maximum absolute atomic E-state index is 13.0. The number of benzene rings is 1. The Morgan fingerprint density at radius 2 is 2.03 bits per heavy atom. The molecule has 158 valence electrons. The van der Waals surface area contributed by atoms with Crippen molar-refractivity contribution in [2.45, 2.75) is 50.2 Å². The fourth-order valence-electron chi connectivity index (χ4n) is 2.49. The summed E-state index contributed by atoms with van der Waals surface area (Å²) in [5.41, 5.74) is 0.246. The molecule has 0 radical (unpaired) electrons. The van der Waals surface area contributed by atoms with E-state index >= 15 is 0 Å². The number of fused-ring (bicyclic) bond motifs is 1. The van der Waals surface area contributed by atoms with Gasteiger partial charge in [0, 0.05) is 25.2 Å². The number of thioether (sulfide) groups is 1. The van der Waals surface area contributed by atoms with Crippen molar-refractivity contribution in [1.82, 2.24) is 20.2 Å². The van der Waals surface area contributed by atoms with E-state index in [4.69, 9.17) is 16.3 Å². The largest absolute Gasteiger partial charge is 0.379 e. The van der Waals surface area contributed by atoms with Crippen LogP contribution in [0.15, 0.2) is 28.2 Å². The highest BCUT2D eigenvalue weighted by Crippen LogP contribution is 2.24. The van der Waals surface area contributed by atoms with Crippen LogP contribution in [-0.4, -0.2) is 46.5 Å². The minimum Gasteiger partial charge on any atom is -0.379 e. The molecule has 1 unspecified atom stereocenters. The minimum atomic E-state index is -0.644. The molecule has 2 N–H and O–H groups in total. The van der Waals surface area contributed by atoms with E-state index in [1.54, 1.807) is 25.1 Å². The number of halogens is 1. The molecule has 1 aromatic carbocycles. The predicted molar refractivity (Wildman–Crippen MR) is 115 cm³/mol. The molecule has 0 bridgehead atoms. The second kappa shape index (κ2) is 10.6. The van der Waals surface area contributed by atoms with Crippen LogP contribution in [0.5, 0.6) is 0 Å². The van der Waals surface area contributed by atoms with Gasteiger partial charge in [-0.15, -0.1) is 0 Å². The zero-order chi connectivity index (χ0) is 21.6. The molecule has 0 aliphatic rings. The summed E-state index contributed by atoms with van der Waals surface area (Å²) >= 11 is 7.15. The van der Waals surface area contributed by atoms with Gasteiger partial charge in [-0.3, -0.25) is 19.5 Å². The second-order valence-electron chi connectivity index (χ2n) is 6.61. The summed E-state index contributed by atoms with van der Waals surface area (Å²) in [4.78, 5) is 41.2. The topological polar surface area (TPSA) is 102 Å². The maximum Gasteiger partial charge on any atom is 0.321 e. The van der Waals surface area contributed by atoms with E-state index in [1.165, 1.54) is 11.6 Å².